The molecule has 0 spiro atoms. The number of ether oxygens (including phenoxy) is 3. The van der Waals surface area contributed by atoms with E-state index in [9.17, 15) is 19.5 Å². The Kier molecular flexibility index (Phi) is 8.53. The Hall–Kier alpha value is -3.63. The van der Waals surface area contributed by atoms with Crippen molar-refractivity contribution in [2.45, 2.75) is 33.2 Å². The van der Waals surface area contributed by atoms with Crippen molar-refractivity contribution in [3.8, 4) is 5.75 Å². The highest BCUT2D eigenvalue weighted by Crippen LogP contribution is 2.43. The minimum absolute atomic E-state index is 0.0357. The van der Waals surface area contributed by atoms with Crippen molar-refractivity contribution in [3.63, 3.8) is 0 Å². The van der Waals surface area contributed by atoms with Gasteiger partial charge in [-0.15, -0.1) is 0 Å². The van der Waals surface area contributed by atoms with Crippen molar-refractivity contribution in [3.05, 3.63) is 57.9 Å². The molecular weight excluding hydrogens is 490 g/mol. The van der Waals surface area contributed by atoms with Crippen molar-refractivity contribution in [2.75, 3.05) is 53.1 Å². The number of nitrogens with zero attached hydrogens (tertiary/aromatic N) is 2. The van der Waals surface area contributed by atoms with Crippen LogP contribution in [0.25, 0.3) is 5.76 Å². The van der Waals surface area contributed by atoms with Gasteiger partial charge in [0.25, 0.3) is 11.7 Å². The molecule has 204 valence electrons. The molecule has 4 rings (SSSR count). The van der Waals surface area contributed by atoms with Gasteiger partial charge < -0.3 is 29.2 Å². The average Bonchev–Trinajstić information content (AvgIpc) is 3.36. The highest BCUT2D eigenvalue weighted by atomic mass is 16.5. The molecule has 2 N–H and O–H groups in total. The third-order valence-corrected chi connectivity index (χ3v) is 7.10. The highest BCUT2D eigenvalue weighted by Gasteiger charge is 2.47. The van der Waals surface area contributed by atoms with Gasteiger partial charge in [-0.25, -0.2) is 4.79 Å². The summed E-state index contributed by atoms with van der Waals surface area (Å²) in [5, 5.41) is 11.6. The van der Waals surface area contributed by atoms with E-state index in [1.54, 1.807) is 45.0 Å². The summed E-state index contributed by atoms with van der Waals surface area (Å²) in [5.41, 5.74) is 1.99. The molecule has 0 aliphatic carbocycles. The fraction of sp³-hybridized carbons (Fsp3) is 0.464. The number of ketones is 1. The molecule has 10 heteroatoms. The highest BCUT2D eigenvalue weighted by molar-refractivity contribution is 6.46. The normalized spacial score (nSPS) is 19.7. The Morgan fingerprint density at radius 3 is 2.55 bits per heavy atom. The van der Waals surface area contributed by atoms with Crippen LogP contribution in [-0.4, -0.2) is 90.7 Å². The zero-order valence-corrected chi connectivity index (χ0v) is 22.3. The van der Waals surface area contributed by atoms with Crippen LogP contribution in [0.15, 0.2) is 29.8 Å². The number of aromatic nitrogens is 1. The predicted octanol–water partition coefficient (Wildman–Crippen LogP) is 2.96. The predicted molar refractivity (Wildman–Crippen MR) is 140 cm³/mol. The maximum atomic E-state index is 13.5. The Labute approximate surface area is 222 Å². The summed E-state index contributed by atoms with van der Waals surface area (Å²) in [6.45, 7) is 9.34. The van der Waals surface area contributed by atoms with E-state index in [2.05, 4.69) is 9.88 Å². The molecular formula is C28H35N3O7. The zero-order chi connectivity index (χ0) is 27.4. The number of aliphatic hydroxyl groups is 1. The standard InChI is InChI=1S/C28H35N3O7/c1-5-38-28(35)23-17(2)21(18(3)29-23)25(32)22-24(19-9-6-7-10-20(19)36-4)31(27(34)26(22)33)12-8-11-30-13-15-37-16-14-30/h6-7,9-10,24,29,32H,5,8,11-16H2,1-4H3/b25-22+/t24-/m1/s1. The van der Waals surface area contributed by atoms with Gasteiger partial charge in [0.05, 0.1) is 38.5 Å². The van der Waals surface area contributed by atoms with Crippen molar-refractivity contribution >= 4 is 23.4 Å². The van der Waals surface area contributed by atoms with Crippen LogP contribution in [0.5, 0.6) is 5.75 Å². The zero-order valence-electron chi connectivity index (χ0n) is 22.3. The number of carbonyl (C=O) groups excluding carboxylic acids is 3. The van der Waals surface area contributed by atoms with Crippen LogP contribution in [0.3, 0.4) is 0 Å². The second kappa shape index (κ2) is 11.8. The van der Waals surface area contributed by atoms with Gasteiger partial charge in [-0.05, 0) is 38.8 Å². The van der Waals surface area contributed by atoms with Crippen LogP contribution in [-0.2, 0) is 19.1 Å². The van der Waals surface area contributed by atoms with Crippen LogP contribution in [0.2, 0.25) is 0 Å². The molecule has 1 atom stereocenters. The first kappa shape index (κ1) is 27.4. The first-order chi connectivity index (χ1) is 18.3. The van der Waals surface area contributed by atoms with Gasteiger partial charge in [-0.2, -0.15) is 0 Å². The second-order valence-electron chi connectivity index (χ2n) is 9.39. The third-order valence-electron chi connectivity index (χ3n) is 7.10. The maximum Gasteiger partial charge on any atom is 0.355 e. The number of para-hydroxylation sites is 1. The second-order valence-corrected chi connectivity index (χ2v) is 9.39. The first-order valence-electron chi connectivity index (χ1n) is 12.9. The van der Waals surface area contributed by atoms with Gasteiger partial charge in [-0.3, -0.25) is 14.5 Å². The van der Waals surface area contributed by atoms with E-state index in [1.165, 1.54) is 12.0 Å². The van der Waals surface area contributed by atoms with E-state index in [4.69, 9.17) is 14.2 Å². The molecule has 0 radical (unpaired) electrons. The summed E-state index contributed by atoms with van der Waals surface area (Å²) < 4.78 is 16.1. The van der Waals surface area contributed by atoms with Crippen LogP contribution in [0.1, 0.15) is 52.3 Å². The van der Waals surface area contributed by atoms with Crippen LogP contribution in [0, 0.1) is 13.8 Å². The van der Waals surface area contributed by atoms with E-state index in [-0.39, 0.29) is 23.6 Å². The third kappa shape index (κ3) is 5.19. The lowest BCUT2D eigenvalue weighted by Gasteiger charge is -2.29. The number of aliphatic hydroxyl groups excluding tert-OH is 1. The number of carbonyl (C=O) groups is 3. The topological polar surface area (TPSA) is 121 Å². The number of aryl methyl sites for hydroxylation is 1. The molecule has 0 bridgehead atoms. The number of nitrogens with one attached hydrogen (secondary N) is 1. The minimum atomic E-state index is -0.851. The molecule has 10 nitrogen and oxygen atoms in total. The Morgan fingerprint density at radius 1 is 1.16 bits per heavy atom. The molecule has 38 heavy (non-hydrogen) atoms. The number of benzene rings is 1. The van der Waals surface area contributed by atoms with Crippen molar-refractivity contribution in [1.29, 1.82) is 0 Å². The van der Waals surface area contributed by atoms with Crippen LogP contribution >= 0.6 is 0 Å². The number of morpholine rings is 1. The molecule has 0 unspecified atom stereocenters. The number of Topliss-reactive ketones (excluding diaryl/α,β-unsaturated/α-hetero) is 1. The molecule has 2 aromatic rings. The van der Waals surface area contributed by atoms with Gasteiger partial charge in [0.2, 0.25) is 0 Å². The van der Waals surface area contributed by atoms with E-state index in [0.717, 1.165) is 19.6 Å². The van der Waals surface area contributed by atoms with E-state index >= 15 is 0 Å². The molecule has 1 aromatic heterocycles. The largest absolute Gasteiger partial charge is 0.507 e. The number of rotatable bonds is 9. The molecule has 1 amide bonds. The van der Waals surface area contributed by atoms with Crippen LogP contribution < -0.4 is 4.74 Å². The number of aromatic amines is 1. The number of hydrogen-bond acceptors (Lipinski definition) is 8. The van der Waals surface area contributed by atoms with Crippen molar-refractivity contribution in [2.24, 2.45) is 0 Å². The van der Waals surface area contributed by atoms with Gasteiger partial charge in [0.15, 0.2) is 0 Å². The number of hydrogen-bond donors (Lipinski definition) is 2. The van der Waals surface area contributed by atoms with Crippen molar-refractivity contribution < 1.29 is 33.7 Å². The van der Waals surface area contributed by atoms with E-state index in [0.29, 0.717) is 54.3 Å². The number of methoxy groups -OCH3 is 1. The Balaban J connectivity index is 1.77. The summed E-state index contributed by atoms with van der Waals surface area (Å²) in [5.74, 6) is -1.85. The maximum absolute atomic E-state index is 13.5. The first-order valence-corrected chi connectivity index (χ1v) is 12.9. The smallest absolute Gasteiger partial charge is 0.355 e. The summed E-state index contributed by atoms with van der Waals surface area (Å²) in [6.07, 6.45) is 0.647. The molecule has 2 aliphatic rings. The van der Waals surface area contributed by atoms with Gasteiger partial charge in [0, 0.05) is 43.0 Å². The quantitative estimate of drug-likeness (QED) is 0.222. The lowest BCUT2D eigenvalue weighted by Crippen LogP contribution is -2.39. The number of likely N-dealkylation sites (tertiary alicyclic amines) is 1. The molecule has 2 fully saturated rings. The number of esters is 1. The van der Waals surface area contributed by atoms with Gasteiger partial charge in [0.1, 0.15) is 17.2 Å². The van der Waals surface area contributed by atoms with Gasteiger partial charge >= 0.3 is 5.97 Å². The lowest BCUT2D eigenvalue weighted by molar-refractivity contribution is -0.140. The molecule has 1 aromatic carbocycles. The fourth-order valence-corrected chi connectivity index (χ4v) is 5.26. The summed E-state index contributed by atoms with van der Waals surface area (Å²) in [7, 11) is 1.52. The molecule has 2 saturated heterocycles. The molecule has 3 heterocycles. The van der Waals surface area contributed by atoms with Crippen molar-refractivity contribution in [1.82, 2.24) is 14.8 Å². The number of amides is 1. The van der Waals surface area contributed by atoms with Crippen LogP contribution in [0.4, 0.5) is 0 Å². The fourth-order valence-electron chi connectivity index (χ4n) is 5.26. The summed E-state index contributed by atoms with van der Waals surface area (Å²) in [6, 6.07) is 6.31. The Morgan fingerprint density at radius 2 is 1.87 bits per heavy atom. The Bertz CT molecular complexity index is 1240. The monoisotopic (exact) mass is 525 g/mol. The molecule has 0 saturated carbocycles. The SMILES string of the molecule is CCOC(=O)c1[nH]c(C)c(/C(O)=C2\C(=O)C(=O)N(CCCN3CCOCC3)[C@@H]2c2ccccc2OC)c1C. The van der Waals surface area contributed by atoms with Gasteiger partial charge in [-0.1, -0.05) is 18.2 Å². The van der Waals surface area contributed by atoms with E-state index < -0.39 is 23.7 Å². The lowest BCUT2D eigenvalue weighted by atomic mass is 9.93. The minimum Gasteiger partial charge on any atom is -0.507 e. The molecule has 2 aliphatic heterocycles. The average molecular weight is 526 g/mol. The number of H-pyrrole nitrogens is 1. The van der Waals surface area contributed by atoms with E-state index in [1.807, 2.05) is 0 Å². The summed E-state index contributed by atoms with van der Waals surface area (Å²) in [4.78, 5) is 46.0. The summed E-state index contributed by atoms with van der Waals surface area (Å²) >= 11 is 0.